The van der Waals surface area contributed by atoms with Crippen molar-refractivity contribution in [2.24, 2.45) is 0 Å². The third-order valence-electron chi connectivity index (χ3n) is 3.29. The van der Waals surface area contributed by atoms with E-state index in [1.54, 1.807) is 27.8 Å². The maximum Gasteiger partial charge on any atom is 0.210 e. The van der Waals surface area contributed by atoms with Crippen LogP contribution < -0.4 is 5.84 Å². The van der Waals surface area contributed by atoms with Gasteiger partial charge in [0.2, 0.25) is 5.16 Å². The maximum atomic E-state index is 6.12. The lowest BCUT2D eigenvalue weighted by Crippen LogP contribution is -2.22. The normalized spacial score (nSPS) is 16.6. The Balaban J connectivity index is 1.66. The molecule has 8 heteroatoms. The molecule has 0 radical (unpaired) electrons. The van der Waals surface area contributed by atoms with Gasteiger partial charge in [-0.3, -0.25) is 0 Å². The summed E-state index contributed by atoms with van der Waals surface area (Å²) in [5.41, 5.74) is 1.06. The molecule has 6 nitrogen and oxygen atoms in total. The molecular weight excluding hydrogens is 294 g/mol. The number of nitrogens with zero attached hydrogens (tertiary/aromatic N) is 4. The third-order valence-corrected chi connectivity index (χ3v) is 5.09. The van der Waals surface area contributed by atoms with E-state index in [4.69, 9.17) is 10.6 Å². The van der Waals surface area contributed by atoms with E-state index in [-0.39, 0.29) is 0 Å². The summed E-state index contributed by atoms with van der Waals surface area (Å²) >= 11 is 3.23. The van der Waals surface area contributed by atoms with Crippen LogP contribution in [0.15, 0.2) is 10.5 Å². The molecule has 0 saturated carbocycles. The fraction of sp³-hybridized carbons (Fsp3) is 0.583. The summed E-state index contributed by atoms with van der Waals surface area (Å²) in [5, 5.41) is 12.3. The first-order valence-corrected chi connectivity index (χ1v) is 8.42. The molecule has 1 aliphatic heterocycles. The van der Waals surface area contributed by atoms with Crippen molar-refractivity contribution in [2.45, 2.75) is 36.6 Å². The Morgan fingerprint density at radius 3 is 2.95 bits per heavy atom. The van der Waals surface area contributed by atoms with Crippen LogP contribution >= 0.6 is 23.1 Å². The number of hydrogen-bond donors (Lipinski definition) is 1. The van der Waals surface area contributed by atoms with Crippen molar-refractivity contribution in [1.82, 2.24) is 19.9 Å². The molecular formula is C12H17N5OS2. The number of thiazole rings is 1. The number of ether oxygens (including phenoxy) is 1. The number of thioether (sulfide) groups is 1. The second-order valence-corrected chi connectivity index (χ2v) is 6.75. The van der Waals surface area contributed by atoms with E-state index < -0.39 is 0 Å². The fourth-order valence-electron chi connectivity index (χ4n) is 2.23. The summed E-state index contributed by atoms with van der Waals surface area (Å²) in [6.07, 6.45) is 1.93. The van der Waals surface area contributed by atoms with Gasteiger partial charge in [0.15, 0.2) is 5.82 Å². The molecule has 3 heterocycles. The van der Waals surface area contributed by atoms with Gasteiger partial charge in [-0.2, -0.15) is 0 Å². The molecule has 2 aromatic rings. The molecule has 0 aromatic carbocycles. The summed E-state index contributed by atoms with van der Waals surface area (Å²) < 4.78 is 6.99. The molecule has 0 spiro atoms. The minimum absolute atomic E-state index is 0.358. The molecule has 0 bridgehead atoms. The zero-order chi connectivity index (χ0) is 13.9. The minimum Gasteiger partial charge on any atom is -0.381 e. The Kier molecular flexibility index (Phi) is 4.23. The second-order valence-electron chi connectivity index (χ2n) is 4.74. The molecule has 108 valence electrons. The van der Waals surface area contributed by atoms with Gasteiger partial charge in [-0.15, -0.1) is 21.5 Å². The fourth-order valence-corrected chi connectivity index (χ4v) is 3.71. The molecule has 0 unspecified atom stereocenters. The third kappa shape index (κ3) is 2.97. The molecule has 2 aromatic heterocycles. The van der Waals surface area contributed by atoms with Gasteiger partial charge < -0.3 is 10.6 Å². The zero-order valence-electron chi connectivity index (χ0n) is 11.3. The largest absolute Gasteiger partial charge is 0.381 e. The maximum absolute atomic E-state index is 6.12. The standard InChI is InChI=1S/C12H17N5OS2/c1-8-14-10(6-19-8)7-20-12-16-15-11(17(12)13)9-2-4-18-5-3-9/h6,9H,2-5,7,13H2,1H3. The van der Waals surface area contributed by atoms with Gasteiger partial charge in [0.1, 0.15) is 0 Å². The van der Waals surface area contributed by atoms with E-state index in [9.17, 15) is 0 Å². The molecule has 1 aliphatic rings. The molecule has 1 saturated heterocycles. The second kappa shape index (κ2) is 6.11. The van der Waals surface area contributed by atoms with Gasteiger partial charge in [-0.05, 0) is 19.8 Å². The predicted molar refractivity (Wildman–Crippen MR) is 79.4 cm³/mol. The number of hydrogen-bond acceptors (Lipinski definition) is 7. The van der Waals surface area contributed by atoms with E-state index in [1.807, 2.05) is 6.92 Å². The first kappa shape index (κ1) is 13.8. The average Bonchev–Trinajstić information content (AvgIpc) is 3.04. The van der Waals surface area contributed by atoms with Crippen LogP contribution in [-0.2, 0) is 10.5 Å². The minimum atomic E-state index is 0.358. The highest BCUT2D eigenvalue weighted by Gasteiger charge is 2.22. The van der Waals surface area contributed by atoms with Crippen molar-refractivity contribution >= 4 is 23.1 Å². The van der Waals surface area contributed by atoms with Crippen molar-refractivity contribution in [3.63, 3.8) is 0 Å². The highest BCUT2D eigenvalue weighted by Crippen LogP contribution is 2.28. The molecule has 3 rings (SSSR count). The Morgan fingerprint density at radius 1 is 1.45 bits per heavy atom. The summed E-state index contributed by atoms with van der Waals surface area (Å²) in [6, 6.07) is 0. The quantitative estimate of drug-likeness (QED) is 0.687. The molecule has 20 heavy (non-hydrogen) atoms. The number of nitrogens with two attached hydrogens (primary N) is 1. The summed E-state index contributed by atoms with van der Waals surface area (Å²) in [5.74, 6) is 8.11. The van der Waals surface area contributed by atoms with Gasteiger partial charge >= 0.3 is 0 Å². The summed E-state index contributed by atoms with van der Waals surface area (Å²) in [4.78, 5) is 4.43. The van der Waals surface area contributed by atoms with E-state index in [1.165, 1.54) is 0 Å². The van der Waals surface area contributed by atoms with Gasteiger partial charge in [0, 0.05) is 30.3 Å². The van der Waals surface area contributed by atoms with E-state index in [0.717, 1.165) is 53.5 Å². The Bertz CT molecular complexity index is 576. The summed E-state index contributed by atoms with van der Waals surface area (Å²) in [7, 11) is 0. The SMILES string of the molecule is Cc1nc(CSc2nnc(C3CCOCC3)n2N)cs1. The van der Waals surface area contributed by atoms with Crippen LogP contribution in [0, 0.1) is 6.92 Å². The van der Waals surface area contributed by atoms with Crippen LogP contribution in [0.2, 0.25) is 0 Å². The molecule has 0 aliphatic carbocycles. The topological polar surface area (TPSA) is 78.9 Å². The average molecular weight is 311 g/mol. The number of rotatable bonds is 4. The Morgan fingerprint density at radius 2 is 2.25 bits per heavy atom. The van der Waals surface area contributed by atoms with Crippen LogP contribution in [0.4, 0.5) is 0 Å². The monoisotopic (exact) mass is 311 g/mol. The van der Waals surface area contributed by atoms with Crippen LogP contribution in [0.1, 0.15) is 35.3 Å². The summed E-state index contributed by atoms with van der Waals surface area (Å²) in [6.45, 7) is 3.56. The van der Waals surface area contributed by atoms with Crippen LogP contribution in [0.25, 0.3) is 0 Å². The number of aromatic nitrogens is 4. The van der Waals surface area contributed by atoms with Crippen molar-refractivity contribution in [1.29, 1.82) is 0 Å². The highest BCUT2D eigenvalue weighted by molar-refractivity contribution is 7.98. The van der Waals surface area contributed by atoms with Crippen molar-refractivity contribution in [2.75, 3.05) is 19.1 Å². The van der Waals surface area contributed by atoms with Crippen molar-refractivity contribution in [3.8, 4) is 0 Å². The van der Waals surface area contributed by atoms with Gasteiger partial charge in [0.25, 0.3) is 0 Å². The first-order chi connectivity index (χ1) is 9.74. The predicted octanol–water partition coefficient (Wildman–Crippen LogP) is 1.94. The zero-order valence-corrected chi connectivity index (χ0v) is 12.9. The number of nitrogen functional groups attached to an aromatic ring is 1. The van der Waals surface area contributed by atoms with Gasteiger partial charge in [-0.25, -0.2) is 9.66 Å². The lowest BCUT2D eigenvalue weighted by Gasteiger charge is -2.20. The van der Waals surface area contributed by atoms with Gasteiger partial charge in [0.05, 0.1) is 10.7 Å². The van der Waals surface area contributed by atoms with Crippen molar-refractivity contribution in [3.05, 3.63) is 21.9 Å². The van der Waals surface area contributed by atoms with E-state index in [0.29, 0.717) is 5.92 Å². The van der Waals surface area contributed by atoms with Crippen molar-refractivity contribution < 1.29 is 4.74 Å². The van der Waals surface area contributed by atoms with Crippen LogP contribution in [-0.4, -0.2) is 33.1 Å². The van der Waals surface area contributed by atoms with Crippen LogP contribution in [0.5, 0.6) is 0 Å². The lowest BCUT2D eigenvalue weighted by molar-refractivity contribution is 0.0830. The molecule has 2 N–H and O–H groups in total. The van der Waals surface area contributed by atoms with Gasteiger partial charge in [-0.1, -0.05) is 11.8 Å². The smallest absolute Gasteiger partial charge is 0.210 e. The van der Waals surface area contributed by atoms with Crippen LogP contribution in [0.3, 0.4) is 0 Å². The lowest BCUT2D eigenvalue weighted by atomic mass is 10.00. The molecule has 0 atom stereocenters. The molecule has 1 fully saturated rings. The first-order valence-electron chi connectivity index (χ1n) is 6.56. The highest BCUT2D eigenvalue weighted by atomic mass is 32.2. The number of aryl methyl sites for hydroxylation is 1. The van der Waals surface area contributed by atoms with E-state index in [2.05, 4.69) is 20.6 Å². The Hall–Kier alpha value is -1.12. The van der Waals surface area contributed by atoms with E-state index >= 15 is 0 Å². The molecule has 0 amide bonds. The Labute approximate surface area is 125 Å².